The van der Waals surface area contributed by atoms with E-state index in [0.29, 0.717) is 17.9 Å². The first-order chi connectivity index (χ1) is 11.1. The number of hydrogen-bond acceptors (Lipinski definition) is 4. The summed E-state index contributed by atoms with van der Waals surface area (Å²) >= 11 is 0. The molecule has 0 saturated carbocycles. The van der Waals surface area contributed by atoms with Gasteiger partial charge in [0.1, 0.15) is 5.69 Å². The summed E-state index contributed by atoms with van der Waals surface area (Å²) in [6.45, 7) is 4.10. The Kier molecular flexibility index (Phi) is 5.68. The van der Waals surface area contributed by atoms with E-state index in [1.165, 1.54) is 6.92 Å². The number of nitrogens with one attached hydrogen (secondary N) is 3. The van der Waals surface area contributed by atoms with Crippen LogP contribution in [0.4, 0.5) is 17.1 Å². The average Bonchev–Trinajstić information content (AvgIpc) is 2.53. The fourth-order valence-corrected chi connectivity index (χ4v) is 1.98. The first kappa shape index (κ1) is 16.5. The van der Waals surface area contributed by atoms with Gasteiger partial charge in [-0.2, -0.15) is 0 Å². The molecule has 0 bridgehead atoms. The lowest BCUT2D eigenvalue weighted by Crippen LogP contribution is -2.24. The molecule has 6 heteroatoms. The smallest absolute Gasteiger partial charge is 0.269 e. The number of carbonyl (C=O) groups excluding carboxylic acids is 2. The molecule has 23 heavy (non-hydrogen) atoms. The molecular formula is C17H20N4O2. The summed E-state index contributed by atoms with van der Waals surface area (Å²) in [5.41, 5.74) is 2.68. The Morgan fingerprint density at radius 1 is 1.09 bits per heavy atom. The van der Waals surface area contributed by atoms with E-state index in [9.17, 15) is 9.59 Å². The van der Waals surface area contributed by atoms with Crippen LogP contribution in [0.2, 0.25) is 0 Å². The highest BCUT2D eigenvalue weighted by Gasteiger charge is 2.06. The molecule has 0 atom stereocenters. The molecule has 1 aromatic heterocycles. The van der Waals surface area contributed by atoms with Gasteiger partial charge in [0.2, 0.25) is 5.91 Å². The zero-order valence-corrected chi connectivity index (χ0v) is 13.2. The largest absolute Gasteiger partial charge is 0.354 e. The molecule has 0 aliphatic heterocycles. The van der Waals surface area contributed by atoms with Crippen LogP contribution in [-0.4, -0.2) is 23.3 Å². The third kappa shape index (κ3) is 5.10. The Balaban J connectivity index is 2.03. The second-order valence-corrected chi connectivity index (χ2v) is 5.08. The van der Waals surface area contributed by atoms with Crippen LogP contribution >= 0.6 is 0 Å². The van der Waals surface area contributed by atoms with Crippen molar-refractivity contribution in [2.45, 2.75) is 20.3 Å². The van der Waals surface area contributed by atoms with Crippen molar-refractivity contribution in [3.63, 3.8) is 0 Å². The molecule has 0 saturated heterocycles. The Bertz CT molecular complexity index is 683. The second-order valence-electron chi connectivity index (χ2n) is 5.08. The Morgan fingerprint density at radius 2 is 1.87 bits per heavy atom. The number of amides is 2. The quantitative estimate of drug-likeness (QED) is 0.766. The van der Waals surface area contributed by atoms with E-state index < -0.39 is 0 Å². The fourth-order valence-electron chi connectivity index (χ4n) is 1.98. The van der Waals surface area contributed by atoms with Gasteiger partial charge in [0.05, 0.1) is 11.9 Å². The van der Waals surface area contributed by atoms with Crippen molar-refractivity contribution >= 4 is 28.9 Å². The molecule has 0 aliphatic carbocycles. The first-order valence-electron chi connectivity index (χ1n) is 7.47. The number of anilines is 3. The minimum absolute atomic E-state index is 0.119. The van der Waals surface area contributed by atoms with Gasteiger partial charge < -0.3 is 16.0 Å². The van der Waals surface area contributed by atoms with Crippen molar-refractivity contribution in [3.05, 3.63) is 48.3 Å². The van der Waals surface area contributed by atoms with Gasteiger partial charge in [-0.3, -0.25) is 9.59 Å². The number of carbonyl (C=O) groups is 2. The number of benzene rings is 1. The van der Waals surface area contributed by atoms with Crippen molar-refractivity contribution in [2.75, 3.05) is 17.2 Å². The normalized spacial score (nSPS) is 10.0. The highest BCUT2D eigenvalue weighted by atomic mass is 16.2. The maximum absolute atomic E-state index is 11.8. The topological polar surface area (TPSA) is 83.1 Å². The van der Waals surface area contributed by atoms with Crippen molar-refractivity contribution in [2.24, 2.45) is 0 Å². The molecular weight excluding hydrogens is 292 g/mol. The van der Waals surface area contributed by atoms with E-state index in [4.69, 9.17) is 0 Å². The van der Waals surface area contributed by atoms with Crippen LogP contribution < -0.4 is 16.0 Å². The van der Waals surface area contributed by atoms with Gasteiger partial charge in [0.15, 0.2) is 0 Å². The molecule has 2 aromatic rings. The van der Waals surface area contributed by atoms with E-state index in [2.05, 4.69) is 20.9 Å². The zero-order valence-electron chi connectivity index (χ0n) is 13.2. The Morgan fingerprint density at radius 3 is 2.52 bits per heavy atom. The van der Waals surface area contributed by atoms with Crippen LogP contribution in [0.3, 0.4) is 0 Å². The number of nitrogens with zero attached hydrogens (tertiary/aromatic N) is 1. The van der Waals surface area contributed by atoms with Gasteiger partial charge in [-0.25, -0.2) is 4.98 Å². The third-order valence-electron chi connectivity index (χ3n) is 3.00. The van der Waals surface area contributed by atoms with E-state index in [0.717, 1.165) is 17.8 Å². The van der Waals surface area contributed by atoms with Gasteiger partial charge in [0.25, 0.3) is 5.91 Å². The van der Waals surface area contributed by atoms with Crippen LogP contribution in [0, 0.1) is 0 Å². The molecule has 1 heterocycles. The van der Waals surface area contributed by atoms with Crippen molar-refractivity contribution < 1.29 is 9.59 Å². The standard InChI is InChI=1S/C17H20N4O2/c1-3-9-18-17(23)16-8-7-15(11-19-16)21-14-6-4-5-13(10-14)20-12(2)22/h4-8,10-11,21H,3,9H2,1-2H3,(H,18,23)(H,20,22). The highest BCUT2D eigenvalue weighted by Crippen LogP contribution is 2.19. The average molecular weight is 312 g/mol. The number of hydrogen-bond donors (Lipinski definition) is 3. The lowest BCUT2D eigenvalue weighted by atomic mass is 10.2. The summed E-state index contributed by atoms with van der Waals surface area (Å²) in [6.07, 6.45) is 2.49. The van der Waals surface area contributed by atoms with Crippen LogP contribution in [0.15, 0.2) is 42.6 Å². The molecule has 120 valence electrons. The zero-order chi connectivity index (χ0) is 16.7. The number of aromatic nitrogens is 1. The summed E-state index contributed by atoms with van der Waals surface area (Å²) < 4.78 is 0. The summed E-state index contributed by atoms with van der Waals surface area (Å²) in [5.74, 6) is -0.294. The van der Waals surface area contributed by atoms with Crippen molar-refractivity contribution in [3.8, 4) is 0 Å². The van der Waals surface area contributed by atoms with Gasteiger partial charge >= 0.3 is 0 Å². The SMILES string of the molecule is CCCNC(=O)c1ccc(Nc2cccc(NC(C)=O)c2)cn1. The maximum atomic E-state index is 11.8. The van der Waals surface area contributed by atoms with Crippen LogP contribution in [0.1, 0.15) is 30.8 Å². The van der Waals surface area contributed by atoms with Crippen molar-refractivity contribution in [1.29, 1.82) is 0 Å². The molecule has 0 spiro atoms. The predicted molar refractivity (Wildman–Crippen MR) is 90.9 cm³/mol. The van der Waals surface area contributed by atoms with E-state index >= 15 is 0 Å². The third-order valence-corrected chi connectivity index (χ3v) is 3.00. The van der Waals surface area contributed by atoms with Crippen LogP contribution in [0.5, 0.6) is 0 Å². The molecule has 0 aliphatic rings. The predicted octanol–water partition coefficient (Wildman–Crippen LogP) is 2.92. The molecule has 6 nitrogen and oxygen atoms in total. The van der Waals surface area contributed by atoms with Gasteiger partial charge in [0, 0.05) is 24.8 Å². The Hall–Kier alpha value is -2.89. The number of rotatable bonds is 6. The first-order valence-corrected chi connectivity index (χ1v) is 7.47. The summed E-state index contributed by atoms with van der Waals surface area (Å²) in [6, 6.07) is 10.8. The van der Waals surface area contributed by atoms with Crippen LogP contribution in [-0.2, 0) is 4.79 Å². The summed E-state index contributed by atoms with van der Waals surface area (Å²) in [5, 5.41) is 8.69. The monoisotopic (exact) mass is 312 g/mol. The fraction of sp³-hybridized carbons (Fsp3) is 0.235. The second kappa shape index (κ2) is 7.93. The van der Waals surface area contributed by atoms with E-state index in [1.807, 2.05) is 31.2 Å². The highest BCUT2D eigenvalue weighted by molar-refractivity contribution is 5.92. The van der Waals surface area contributed by atoms with Crippen LogP contribution in [0.25, 0.3) is 0 Å². The molecule has 2 amide bonds. The molecule has 0 radical (unpaired) electrons. The molecule has 3 N–H and O–H groups in total. The lowest BCUT2D eigenvalue weighted by molar-refractivity contribution is -0.114. The Labute approximate surface area is 135 Å². The minimum Gasteiger partial charge on any atom is -0.354 e. The van der Waals surface area contributed by atoms with E-state index in [1.54, 1.807) is 18.3 Å². The summed E-state index contributed by atoms with van der Waals surface area (Å²) in [4.78, 5) is 27.0. The maximum Gasteiger partial charge on any atom is 0.269 e. The van der Waals surface area contributed by atoms with Crippen molar-refractivity contribution in [1.82, 2.24) is 10.3 Å². The van der Waals surface area contributed by atoms with Gasteiger partial charge in [-0.05, 0) is 36.8 Å². The molecule has 1 aromatic carbocycles. The minimum atomic E-state index is -0.175. The molecule has 2 rings (SSSR count). The van der Waals surface area contributed by atoms with E-state index in [-0.39, 0.29) is 11.8 Å². The molecule has 0 fully saturated rings. The summed E-state index contributed by atoms with van der Waals surface area (Å²) in [7, 11) is 0. The lowest BCUT2D eigenvalue weighted by Gasteiger charge is -2.09. The van der Waals surface area contributed by atoms with Gasteiger partial charge in [-0.1, -0.05) is 13.0 Å². The van der Waals surface area contributed by atoms with Gasteiger partial charge in [-0.15, -0.1) is 0 Å². The number of pyridine rings is 1. The molecule has 0 unspecified atom stereocenters.